The molecule has 0 aromatic heterocycles. The van der Waals surface area contributed by atoms with Crippen LogP contribution in [0.2, 0.25) is 5.02 Å². The van der Waals surface area contributed by atoms with E-state index in [2.05, 4.69) is 5.32 Å². The standard InChI is InChI=1S/C18H13ClFN3O2/c19-15-8-13(4-5-16(15)20)22-18(25)12-7-17(24)23(10-12)14-3-1-2-11(6-14)9-21/h1-6,8,12H,7,10H2,(H,22,25). The van der Waals surface area contributed by atoms with Crippen LogP contribution in [0.4, 0.5) is 15.8 Å². The molecule has 0 bridgehead atoms. The predicted octanol–water partition coefficient (Wildman–Crippen LogP) is 3.34. The molecule has 7 heteroatoms. The molecule has 1 unspecified atom stereocenters. The highest BCUT2D eigenvalue weighted by Gasteiger charge is 2.35. The van der Waals surface area contributed by atoms with E-state index >= 15 is 0 Å². The summed E-state index contributed by atoms with van der Waals surface area (Å²) < 4.78 is 13.2. The average molecular weight is 358 g/mol. The Bertz CT molecular complexity index is 894. The lowest BCUT2D eigenvalue weighted by atomic mass is 10.1. The van der Waals surface area contributed by atoms with Crippen molar-refractivity contribution >= 4 is 34.8 Å². The minimum absolute atomic E-state index is 0.0670. The SMILES string of the molecule is N#Cc1cccc(N2CC(C(=O)Nc3ccc(F)c(Cl)c3)CC2=O)c1. The number of benzene rings is 2. The van der Waals surface area contributed by atoms with Crippen LogP contribution in [0.15, 0.2) is 42.5 Å². The van der Waals surface area contributed by atoms with Crippen molar-refractivity contribution < 1.29 is 14.0 Å². The van der Waals surface area contributed by atoms with Gasteiger partial charge >= 0.3 is 0 Å². The normalized spacial score (nSPS) is 16.6. The molecule has 25 heavy (non-hydrogen) atoms. The molecule has 0 aliphatic carbocycles. The summed E-state index contributed by atoms with van der Waals surface area (Å²) in [5, 5.41) is 11.5. The van der Waals surface area contributed by atoms with Gasteiger partial charge in [-0.15, -0.1) is 0 Å². The number of carbonyl (C=O) groups excluding carboxylic acids is 2. The van der Waals surface area contributed by atoms with Crippen LogP contribution in [0.25, 0.3) is 0 Å². The summed E-state index contributed by atoms with van der Waals surface area (Å²) in [7, 11) is 0. The van der Waals surface area contributed by atoms with Gasteiger partial charge in [-0.05, 0) is 36.4 Å². The maximum Gasteiger partial charge on any atom is 0.229 e. The van der Waals surface area contributed by atoms with Crippen molar-refractivity contribution in [2.45, 2.75) is 6.42 Å². The Morgan fingerprint density at radius 2 is 2.12 bits per heavy atom. The van der Waals surface area contributed by atoms with Gasteiger partial charge in [0, 0.05) is 24.3 Å². The maximum atomic E-state index is 13.2. The van der Waals surface area contributed by atoms with Crippen LogP contribution in [0.1, 0.15) is 12.0 Å². The number of nitriles is 1. The first-order valence-corrected chi connectivity index (χ1v) is 7.92. The molecule has 1 heterocycles. The molecule has 5 nitrogen and oxygen atoms in total. The summed E-state index contributed by atoms with van der Waals surface area (Å²) >= 11 is 5.70. The molecule has 1 saturated heterocycles. The van der Waals surface area contributed by atoms with Crippen molar-refractivity contribution in [2.24, 2.45) is 5.92 Å². The molecule has 1 aliphatic heterocycles. The number of hydrogen-bond acceptors (Lipinski definition) is 3. The minimum Gasteiger partial charge on any atom is -0.326 e. The highest BCUT2D eigenvalue weighted by Crippen LogP contribution is 2.27. The van der Waals surface area contributed by atoms with Crippen LogP contribution in [0.3, 0.4) is 0 Å². The summed E-state index contributed by atoms with van der Waals surface area (Å²) in [6.45, 7) is 0.217. The first kappa shape index (κ1) is 16.9. The lowest BCUT2D eigenvalue weighted by Gasteiger charge is -2.17. The Kier molecular flexibility index (Phi) is 4.68. The third kappa shape index (κ3) is 3.62. The Hall–Kier alpha value is -2.91. The zero-order valence-electron chi connectivity index (χ0n) is 13.0. The lowest BCUT2D eigenvalue weighted by Crippen LogP contribution is -2.28. The van der Waals surface area contributed by atoms with E-state index in [9.17, 15) is 14.0 Å². The summed E-state index contributed by atoms with van der Waals surface area (Å²) in [5.41, 5.74) is 1.40. The van der Waals surface area contributed by atoms with E-state index in [1.807, 2.05) is 6.07 Å². The predicted molar refractivity (Wildman–Crippen MR) is 91.7 cm³/mol. The van der Waals surface area contributed by atoms with E-state index in [-0.39, 0.29) is 29.8 Å². The topological polar surface area (TPSA) is 73.2 Å². The highest BCUT2D eigenvalue weighted by atomic mass is 35.5. The summed E-state index contributed by atoms with van der Waals surface area (Å²) in [6, 6.07) is 12.6. The quantitative estimate of drug-likeness (QED) is 0.915. The summed E-state index contributed by atoms with van der Waals surface area (Å²) in [5.74, 6) is -1.64. The number of halogens is 2. The van der Waals surface area contributed by atoms with Crippen LogP contribution in [-0.2, 0) is 9.59 Å². The van der Waals surface area contributed by atoms with Crippen LogP contribution in [0, 0.1) is 23.1 Å². The van der Waals surface area contributed by atoms with Gasteiger partial charge in [-0.25, -0.2) is 4.39 Å². The monoisotopic (exact) mass is 357 g/mol. The van der Waals surface area contributed by atoms with Crippen LogP contribution < -0.4 is 10.2 Å². The van der Waals surface area contributed by atoms with E-state index in [4.69, 9.17) is 16.9 Å². The number of nitrogens with zero attached hydrogens (tertiary/aromatic N) is 2. The second kappa shape index (κ2) is 6.91. The number of amides is 2. The number of hydrogen-bond donors (Lipinski definition) is 1. The smallest absolute Gasteiger partial charge is 0.229 e. The molecule has 1 fully saturated rings. The highest BCUT2D eigenvalue weighted by molar-refractivity contribution is 6.31. The summed E-state index contributed by atoms with van der Waals surface area (Å²) in [4.78, 5) is 26.1. The van der Waals surface area contributed by atoms with Gasteiger partial charge in [0.2, 0.25) is 11.8 Å². The van der Waals surface area contributed by atoms with Gasteiger partial charge in [0.25, 0.3) is 0 Å². The van der Waals surface area contributed by atoms with Crippen molar-refractivity contribution in [2.75, 3.05) is 16.8 Å². The van der Waals surface area contributed by atoms with Gasteiger partial charge in [-0.1, -0.05) is 17.7 Å². The van der Waals surface area contributed by atoms with Gasteiger partial charge in [-0.2, -0.15) is 5.26 Å². The fourth-order valence-corrected chi connectivity index (χ4v) is 2.87. The molecule has 1 N–H and O–H groups in total. The molecule has 1 aliphatic rings. The number of nitrogens with one attached hydrogen (secondary N) is 1. The van der Waals surface area contributed by atoms with Crippen molar-refractivity contribution in [1.29, 1.82) is 5.26 Å². The molecule has 0 radical (unpaired) electrons. The van der Waals surface area contributed by atoms with Gasteiger partial charge in [0.15, 0.2) is 0 Å². The molecule has 0 saturated carbocycles. The van der Waals surface area contributed by atoms with Crippen molar-refractivity contribution in [3.8, 4) is 6.07 Å². The molecule has 2 aromatic carbocycles. The van der Waals surface area contributed by atoms with E-state index < -0.39 is 11.7 Å². The largest absolute Gasteiger partial charge is 0.326 e. The number of rotatable bonds is 3. The van der Waals surface area contributed by atoms with Crippen LogP contribution in [-0.4, -0.2) is 18.4 Å². The van der Waals surface area contributed by atoms with Gasteiger partial charge in [0.1, 0.15) is 5.82 Å². The van der Waals surface area contributed by atoms with Crippen LogP contribution >= 0.6 is 11.6 Å². The molecule has 3 rings (SSSR count). The fourth-order valence-electron chi connectivity index (χ4n) is 2.69. The minimum atomic E-state index is -0.570. The van der Waals surface area contributed by atoms with Crippen molar-refractivity contribution in [3.63, 3.8) is 0 Å². The number of carbonyl (C=O) groups is 2. The Labute approximate surface area is 148 Å². The van der Waals surface area contributed by atoms with Crippen molar-refractivity contribution in [1.82, 2.24) is 0 Å². The fraction of sp³-hybridized carbons (Fsp3) is 0.167. The van der Waals surface area contributed by atoms with Crippen LogP contribution in [0.5, 0.6) is 0 Å². The molecular formula is C18H13ClFN3O2. The van der Waals surface area contributed by atoms with E-state index in [0.29, 0.717) is 16.9 Å². The first-order valence-electron chi connectivity index (χ1n) is 7.54. The van der Waals surface area contributed by atoms with Crippen molar-refractivity contribution in [3.05, 3.63) is 58.9 Å². The Morgan fingerprint density at radius 1 is 1.32 bits per heavy atom. The third-order valence-electron chi connectivity index (χ3n) is 3.97. The maximum absolute atomic E-state index is 13.2. The van der Waals surface area contributed by atoms with Gasteiger partial charge in [0.05, 0.1) is 22.6 Å². The first-order chi connectivity index (χ1) is 12.0. The second-order valence-corrected chi connectivity index (χ2v) is 6.09. The molecule has 2 amide bonds. The molecule has 126 valence electrons. The zero-order chi connectivity index (χ0) is 18.0. The van der Waals surface area contributed by atoms with E-state index in [1.165, 1.54) is 17.0 Å². The zero-order valence-corrected chi connectivity index (χ0v) is 13.8. The average Bonchev–Trinajstić information content (AvgIpc) is 3.00. The second-order valence-electron chi connectivity index (χ2n) is 5.69. The summed E-state index contributed by atoms with van der Waals surface area (Å²) in [6.07, 6.45) is 0.0670. The van der Waals surface area contributed by atoms with E-state index in [1.54, 1.807) is 24.3 Å². The van der Waals surface area contributed by atoms with Gasteiger partial charge < -0.3 is 10.2 Å². The third-order valence-corrected chi connectivity index (χ3v) is 4.26. The van der Waals surface area contributed by atoms with Gasteiger partial charge in [-0.3, -0.25) is 9.59 Å². The molecule has 2 aromatic rings. The lowest BCUT2D eigenvalue weighted by molar-refractivity contribution is -0.122. The Morgan fingerprint density at radius 3 is 2.84 bits per heavy atom. The molecule has 1 atom stereocenters. The molecule has 0 spiro atoms. The molecular weight excluding hydrogens is 345 g/mol. The van der Waals surface area contributed by atoms with E-state index in [0.717, 1.165) is 6.07 Å². The Balaban J connectivity index is 1.72. The number of anilines is 2.